The van der Waals surface area contributed by atoms with Crippen molar-refractivity contribution in [1.82, 2.24) is 9.78 Å². The highest BCUT2D eigenvalue weighted by molar-refractivity contribution is 6.05. The molecule has 1 aliphatic rings. The molecular formula is C32H29N3O2. The summed E-state index contributed by atoms with van der Waals surface area (Å²) < 4.78 is 1.83. The van der Waals surface area contributed by atoms with Crippen LogP contribution in [-0.2, 0) is 9.59 Å². The number of para-hydroxylation sites is 2. The minimum absolute atomic E-state index is 0.0684. The maximum atomic E-state index is 13.3. The number of carbonyl (C=O) groups excluding carboxylic acids is 2. The van der Waals surface area contributed by atoms with E-state index in [9.17, 15) is 9.59 Å². The summed E-state index contributed by atoms with van der Waals surface area (Å²) in [6.07, 6.45) is 1.97. The lowest BCUT2D eigenvalue weighted by Crippen LogP contribution is -2.33. The number of benzene rings is 3. The topological polar surface area (TPSA) is 55.2 Å². The van der Waals surface area contributed by atoms with Crippen molar-refractivity contribution in [3.05, 3.63) is 125 Å². The summed E-state index contributed by atoms with van der Waals surface area (Å²) in [5, 5.41) is 4.98. The first kappa shape index (κ1) is 24.2. The minimum atomic E-state index is -0.539. The number of aromatic nitrogens is 2. The number of hydrogen-bond donors (Lipinski definition) is 0. The van der Waals surface area contributed by atoms with Crippen LogP contribution in [0.15, 0.2) is 120 Å². The molecule has 1 aliphatic heterocycles. The first-order valence-corrected chi connectivity index (χ1v) is 12.4. The van der Waals surface area contributed by atoms with Gasteiger partial charge >= 0.3 is 0 Å². The molecule has 4 aromatic rings. The summed E-state index contributed by atoms with van der Waals surface area (Å²) in [6.45, 7) is 7.08. The zero-order valence-electron chi connectivity index (χ0n) is 21.5. The van der Waals surface area contributed by atoms with Crippen molar-refractivity contribution in [3.63, 3.8) is 0 Å². The normalized spacial score (nSPS) is 14.3. The maximum absolute atomic E-state index is 13.3. The number of hydrogen-bond acceptors (Lipinski definition) is 4. The first-order chi connectivity index (χ1) is 17.9. The second-order valence-electron chi connectivity index (χ2n) is 9.29. The van der Waals surface area contributed by atoms with Crippen LogP contribution < -0.4 is 4.90 Å². The molecule has 0 spiro atoms. The van der Waals surface area contributed by atoms with Gasteiger partial charge in [-0.3, -0.25) is 9.59 Å². The van der Waals surface area contributed by atoms with Crippen molar-refractivity contribution in [2.45, 2.75) is 33.6 Å². The number of Topliss-reactive ketones (excluding diaryl/α,β-unsaturated/α-hetero) is 2. The number of rotatable bonds is 6. The Labute approximate surface area is 217 Å². The van der Waals surface area contributed by atoms with Crippen molar-refractivity contribution in [1.29, 1.82) is 0 Å². The predicted octanol–water partition coefficient (Wildman–Crippen LogP) is 6.87. The lowest BCUT2D eigenvalue weighted by molar-refractivity contribution is -0.114. The molecule has 0 saturated heterocycles. The Morgan fingerprint density at radius 2 is 1.14 bits per heavy atom. The second-order valence-corrected chi connectivity index (χ2v) is 9.29. The van der Waals surface area contributed by atoms with E-state index in [-0.39, 0.29) is 11.6 Å². The van der Waals surface area contributed by atoms with Gasteiger partial charge in [0, 0.05) is 51.5 Å². The maximum Gasteiger partial charge on any atom is 0.158 e. The van der Waals surface area contributed by atoms with Crippen molar-refractivity contribution in [3.8, 4) is 16.9 Å². The molecule has 0 unspecified atom stereocenters. The Bertz CT molecular complexity index is 1490. The van der Waals surface area contributed by atoms with Crippen LogP contribution in [0.4, 0.5) is 5.69 Å². The summed E-state index contributed by atoms with van der Waals surface area (Å²) in [5.41, 5.74) is 7.17. The summed E-state index contributed by atoms with van der Waals surface area (Å²) in [4.78, 5) is 28.7. The largest absolute Gasteiger partial charge is 0.318 e. The molecule has 0 amide bonds. The highest BCUT2D eigenvalue weighted by Crippen LogP contribution is 2.46. The van der Waals surface area contributed by atoms with Crippen molar-refractivity contribution in [2.24, 2.45) is 0 Å². The molecule has 0 aliphatic carbocycles. The molecule has 0 atom stereocenters. The van der Waals surface area contributed by atoms with Crippen molar-refractivity contribution in [2.75, 3.05) is 4.90 Å². The van der Waals surface area contributed by atoms with Crippen LogP contribution in [0.1, 0.15) is 39.2 Å². The molecule has 37 heavy (non-hydrogen) atoms. The van der Waals surface area contributed by atoms with Gasteiger partial charge in [-0.05, 0) is 52.0 Å². The Morgan fingerprint density at radius 3 is 1.62 bits per heavy atom. The molecule has 0 N–H and O–H groups in total. The van der Waals surface area contributed by atoms with E-state index in [1.165, 1.54) is 0 Å². The Morgan fingerprint density at radius 1 is 0.676 bits per heavy atom. The van der Waals surface area contributed by atoms with E-state index in [0.717, 1.165) is 39.6 Å². The van der Waals surface area contributed by atoms with Gasteiger partial charge in [0.25, 0.3) is 0 Å². The Kier molecular flexibility index (Phi) is 6.45. The standard InChI is InChI=1S/C32H29N3O2/c1-21-29(23(3)36)31(30(24(4)37)22(2)35(21)27-18-12-7-13-19-27)28-20-34(26-16-10-6-11-17-26)33-32(28)25-14-8-5-9-15-25/h5-20,31H,1-4H3. The van der Waals surface area contributed by atoms with Gasteiger partial charge in [-0.15, -0.1) is 0 Å². The van der Waals surface area contributed by atoms with Gasteiger partial charge in [0.05, 0.1) is 11.4 Å². The zero-order valence-corrected chi connectivity index (χ0v) is 21.5. The predicted molar refractivity (Wildman–Crippen MR) is 147 cm³/mol. The van der Waals surface area contributed by atoms with Crippen LogP contribution >= 0.6 is 0 Å². The first-order valence-electron chi connectivity index (χ1n) is 12.4. The number of ketones is 2. The van der Waals surface area contributed by atoms with E-state index >= 15 is 0 Å². The van der Waals surface area contributed by atoms with Crippen LogP contribution in [0, 0.1) is 0 Å². The van der Waals surface area contributed by atoms with Gasteiger partial charge in [-0.1, -0.05) is 66.7 Å². The minimum Gasteiger partial charge on any atom is -0.318 e. The number of nitrogens with zero attached hydrogens (tertiary/aromatic N) is 3. The SMILES string of the molecule is CC(=O)C1=C(C)N(c2ccccc2)C(C)=C(C(C)=O)C1c1cn(-c2ccccc2)nc1-c1ccccc1. The third kappa shape index (κ3) is 4.33. The molecule has 0 bridgehead atoms. The summed E-state index contributed by atoms with van der Waals surface area (Å²) in [5.74, 6) is -0.676. The summed E-state index contributed by atoms with van der Waals surface area (Å²) >= 11 is 0. The molecule has 1 aromatic heterocycles. The quantitative estimate of drug-likeness (QED) is 0.298. The molecule has 5 nitrogen and oxygen atoms in total. The lowest BCUT2D eigenvalue weighted by atomic mass is 9.76. The van der Waals surface area contributed by atoms with E-state index in [1.807, 2.05) is 121 Å². The van der Waals surface area contributed by atoms with E-state index in [0.29, 0.717) is 11.1 Å². The van der Waals surface area contributed by atoms with Gasteiger partial charge in [-0.2, -0.15) is 5.10 Å². The molecule has 184 valence electrons. The molecule has 5 rings (SSSR count). The van der Waals surface area contributed by atoms with Crippen LogP contribution in [-0.4, -0.2) is 21.3 Å². The van der Waals surface area contributed by atoms with E-state index in [2.05, 4.69) is 0 Å². The van der Waals surface area contributed by atoms with Crippen molar-refractivity contribution >= 4 is 17.3 Å². The molecule has 3 aromatic carbocycles. The van der Waals surface area contributed by atoms with Crippen LogP contribution in [0.3, 0.4) is 0 Å². The van der Waals surface area contributed by atoms with E-state index in [4.69, 9.17) is 5.10 Å². The Hall–Kier alpha value is -4.51. The second kappa shape index (κ2) is 9.86. The van der Waals surface area contributed by atoms with Gasteiger partial charge in [0.2, 0.25) is 0 Å². The molecule has 2 heterocycles. The smallest absolute Gasteiger partial charge is 0.158 e. The highest BCUT2D eigenvalue weighted by atomic mass is 16.1. The van der Waals surface area contributed by atoms with Crippen molar-refractivity contribution < 1.29 is 9.59 Å². The summed E-state index contributed by atoms with van der Waals surface area (Å²) in [7, 11) is 0. The van der Waals surface area contributed by atoms with Gasteiger partial charge in [0.15, 0.2) is 11.6 Å². The fourth-order valence-corrected chi connectivity index (χ4v) is 5.38. The third-order valence-corrected chi connectivity index (χ3v) is 6.92. The average Bonchev–Trinajstić information content (AvgIpc) is 3.35. The zero-order chi connectivity index (χ0) is 26.1. The van der Waals surface area contributed by atoms with Crippen LogP contribution in [0.25, 0.3) is 16.9 Å². The summed E-state index contributed by atoms with van der Waals surface area (Å²) in [6, 6.07) is 29.7. The molecular weight excluding hydrogens is 458 g/mol. The number of carbonyl (C=O) groups is 2. The van der Waals surface area contributed by atoms with Gasteiger partial charge < -0.3 is 4.90 Å². The monoisotopic (exact) mass is 487 g/mol. The fraction of sp³-hybridized carbons (Fsp3) is 0.156. The van der Waals surface area contributed by atoms with Crippen LogP contribution in [0.2, 0.25) is 0 Å². The molecule has 0 radical (unpaired) electrons. The lowest BCUT2D eigenvalue weighted by Gasteiger charge is -2.38. The molecule has 0 fully saturated rings. The van der Waals surface area contributed by atoms with E-state index < -0.39 is 5.92 Å². The van der Waals surface area contributed by atoms with Gasteiger partial charge in [0.1, 0.15) is 0 Å². The number of anilines is 1. The third-order valence-electron chi connectivity index (χ3n) is 6.92. The molecule has 0 saturated carbocycles. The number of allylic oxidation sites excluding steroid dienone is 4. The molecule has 5 heteroatoms. The fourth-order valence-electron chi connectivity index (χ4n) is 5.38. The highest BCUT2D eigenvalue weighted by Gasteiger charge is 2.39. The average molecular weight is 488 g/mol. The van der Waals surface area contributed by atoms with Crippen LogP contribution in [0.5, 0.6) is 0 Å². The van der Waals surface area contributed by atoms with Gasteiger partial charge in [-0.25, -0.2) is 4.68 Å². The van der Waals surface area contributed by atoms with E-state index in [1.54, 1.807) is 13.8 Å². The Balaban J connectivity index is 1.81.